The first-order valence-electron chi connectivity index (χ1n) is 6.38. The van der Waals surface area contributed by atoms with Gasteiger partial charge in [0.15, 0.2) is 11.5 Å². The van der Waals surface area contributed by atoms with Crippen LogP contribution in [0.3, 0.4) is 0 Å². The molecule has 0 aliphatic rings. The molecule has 0 aromatic heterocycles. The average Bonchev–Trinajstić information content (AvgIpc) is 2.42. The molecule has 0 saturated carbocycles. The third kappa shape index (κ3) is 3.19. The van der Waals surface area contributed by atoms with Gasteiger partial charge in [0.25, 0.3) is 5.91 Å². The molecule has 2 aromatic rings. The van der Waals surface area contributed by atoms with E-state index in [2.05, 4.69) is 21.2 Å². The van der Waals surface area contributed by atoms with E-state index in [-0.39, 0.29) is 23.0 Å². The molecule has 5 heteroatoms. The quantitative estimate of drug-likeness (QED) is 0.879. The Balaban J connectivity index is 2.35. The third-order valence-electron chi connectivity index (χ3n) is 3.13. The number of halogens is 1. The highest BCUT2D eigenvalue weighted by atomic mass is 79.9. The van der Waals surface area contributed by atoms with Gasteiger partial charge in [-0.3, -0.25) is 4.79 Å². The number of carbonyl (C=O) groups is 1. The van der Waals surface area contributed by atoms with E-state index in [4.69, 9.17) is 4.74 Å². The number of phenolic OH excluding ortho intramolecular Hbond substituents is 1. The van der Waals surface area contributed by atoms with Crippen molar-refractivity contribution in [2.24, 2.45) is 0 Å². The Morgan fingerprint density at radius 2 is 2.00 bits per heavy atom. The molecular weight excluding hydrogens is 334 g/mol. The van der Waals surface area contributed by atoms with Crippen molar-refractivity contribution in [2.45, 2.75) is 13.8 Å². The summed E-state index contributed by atoms with van der Waals surface area (Å²) in [6.45, 7) is 3.90. The van der Waals surface area contributed by atoms with Gasteiger partial charge in [0, 0.05) is 4.47 Å². The van der Waals surface area contributed by atoms with Gasteiger partial charge in [-0.1, -0.05) is 12.1 Å². The molecule has 2 N–H and O–H groups in total. The Morgan fingerprint density at radius 1 is 1.29 bits per heavy atom. The maximum Gasteiger partial charge on any atom is 0.259 e. The van der Waals surface area contributed by atoms with Crippen LogP contribution < -0.4 is 10.1 Å². The zero-order chi connectivity index (χ0) is 15.6. The van der Waals surface area contributed by atoms with E-state index >= 15 is 0 Å². The zero-order valence-corrected chi connectivity index (χ0v) is 13.6. The summed E-state index contributed by atoms with van der Waals surface area (Å²) < 4.78 is 5.81. The standard InChI is InChI=1S/C16H16BrNO3/c1-9-7-10(2)14(12(17)8-9)18-16(20)11-5-4-6-13(21-3)15(11)19/h4-8,19H,1-3H3,(H,18,20). The molecule has 0 heterocycles. The van der Waals surface area contributed by atoms with Crippen LogP contribution in [0, 0.1) is 13.8 Å². The minimum absolute atomic E-state index is 0.168. The Hall–Kier alpha value is -2.01. The summed E-state index contributed by atoms with van der Waals surface area (Å²) in [5.74, 6) is -0.292. The number of para-hydroxylation sites is 1. The number of rotatable bonds is 3. The maximum atomic E-state index is 12.3. The molecule has 0 fully saturated rings. The molecule has 0 radical (unpaired) electrons. The van der Waals surface area contributed by atoms with Crippen LogP contribution >= 0.6 is 15.9 Å². The Bertz CT molecular complexity index is 675. The number of ether oxygens (including phenoxy) is 1. The highest BCUT2D eigenvalue weighted by Gasteiger charge is 2.16. The van der Waals surface area contributed by atoms with Crippen LogP contribution in [-0.4, -0.2) is 18.1 Å². The fraction of sp³-hybridized carbons (Fsp3) is 0.188. The predicted molar refractivity (Wildman–Crippen MR) is 86.2 cm³/mol. The molecule has 0 aliphatic heterocycles. The second-order valence-corrected chi connectivity index (χ2v) is 5.60. The van der Waals surface area contributed by atoms with Gasteiger partial charge in [-0.15, -0.1) is 0 Å². The van der Waals surface area contributed by atoms with Crippen molar-refractivity contribution in [3.05, 3.63) is 51.5 Å². The van der Waals surface area contributed by atoms with E-state index < -0.39 is 0 Å². The Kier molecular flexibility index (Phi) is 4.53. The summed E-state index contributed by atoms with van der Waals surface area (Å²) in [7, 11) is 1.44. The molecule has 0 saturated heterocycles. The first-order valence-corrected chi connectivity index (χ1v) is 7.17. The van der Waals surface area contributed by atoms with E-state index in [0.29, 0.717) is 5.69 Å². The summed E-state index contributed by atoms with van der Waals surface area (Å²) in [5.41, 5.74) is 2.90. The lowest BCUT2D eigenvalue weighted by molar-refractivity contribution is 0.102. The number of aryl methyl sites for hydroxylation is 2. The smallest absolute Gasteiger partial charge is 0.259 e. The van der Waals surface area contributed by atoms with Gasteiger partial charge in [-0.05, 0) is 59.1 Å². The predicted octanol–water partition coefficient (Wildman–Crippen LogP) is 4.03. The number of methoxy groups -OCH3 is 1. The van der Waals surface area contributed by atoms with Gasteiger partial charge in [0.05, 0.1) is 18.4 Å². The monoisotopic (exact) mass is 349 g/mol. The summed E-state index contributed by atoms with van der Waals surface area (Å²) in [6.07, 6.45) is 0. The Morgan fingerprint density at radius 3 is 2.62 bits per heavy atom. The number of carbonyl (C=O) groups excluding carboxylic acids is 1. The van der Waals surface area contributed by atoms with Crippen LogP contribution in [0.25, 0.3) is 0 Å². The molecule has 2 rings (SSSR count). The highest BCUT2D eigenvalue weighted by molar-refractivity contribution is 9.10. The zero-order valence-electron chi connectivity index (χ0n) is 12.0. The number of aromatic hydroxyl groups is 1. The number of hydrogen-bond acceptors (Lipinski definition) is 3. The second kappa shape index (κ2) is 6.18. The number of nitrogens with one attached hydrogen (secondary N) is 1. The summed E-state index contributed by atoms with van der Waals surface area (Å²) >= 11 is 3.44. The first-order chi connectivity index (χ1) is 9.93. The van der Waals surface area contributed by atoms with Crippen molar-refractivity contribution < 1.29 is 14.6 Å². The Labute approximate surface area is 131 Å². The molecule has 21 heavy (non-hydrogen) atoms. The van der Waals surface area contributed by atoms with Crippen LogP contribution in [-0.2, 0) is 0 Å². The molecule has 2 aromatic carbocycles. The molecule has 0 bridgehead atoms. The SMILES string of the molecule is COc1cccc(C(=O)Nc2c(C)cc(C)cc2Br)c1O. The van der Waals surface area contributed by atoms with Crippen LogP contribution in [0.4, 0.5) is 5.69 Å². The van der Waals surface area contributed by atoms with E-state index in [9.17, 15) is 9.90 Å². The topological polar surface area (TPSA) is 58.6 Å². The molecule has 0 aliphatic carbocycles. The van der Waals surface area contributed by atoms with Crippen LogP contribution in [0.2, 0.25) is 0 Å². The normalized spacial score (nSPS) is 10.3. The van der Waals surface area contributed by atoms with Gasteiger partial charge in [0.1, 0.15) is 0 Å². The van der Waals surface area contributed by atoms with E-state index in [1.807, 2.05) is 26.0 Å². The lowest BCUT2D eigenvalue weighted by atomic mass is 10.1. The molecule has 0 atom stereocenters. The van der Waals surface area contributed by atoms with Crippen LogP contribution in [0.5, 0.6) is 11.5 Å². The summed E-state index contributed by atoms with van der Waals surface area (Å²) in [5, 5.41) is 12.8. The van der Waals surface area contributed by atoms with Crippen LogP contribution in [0.1, 0.15) is 21.5 Å². The van der Waals surface area contributed by atoms with Gasteiger partial charge in [0.2, 0.25) is 0 Å². The largest absolute Gasteiger partial charge is 0.504 e. The van der Waals surface area contributed by atoms with Gasteiger partial charge < -0.3 is 15.2 Å². The molecule has 1 amide bonds. The molecule has 0 spiro atoms. The van der Waals surface area contributed by atoms with E-state index in [1.54, 1.807) is 18.2 Å². The number of benzene rings is 2. The molecule has 0 unspecified atom stereocenters. The fourth-order valence-electron chi connectivity index (χ4n) is 2.13. The van der Waals surface area contributed by atoms with Gasteiger partial charge in [-0.2, -0.15) is 0 Å². The third-order valence-corrected chi connectivity index (χ3v) is 3.76. The van der Waals surface area contributed by atoms with Crippen LogP contribution in [0.15, 0.2) is 34.8 Å². The second-order valence-electron chi connectivity index (χ2n) is 4.75. The number of hydrogen-bond donors (Lipinski definition) is 2. The highest BCUT2D eigenvalue weighted by Crippen LogP contribution is 2.32. The average molecular weight is 350 g/mol. The summed E-state index contributed by atoms with van der Waals surface area (Å²) in [6, 6.07) is 8.70. The first kappa shape index (κ1) is 15.4. The lowest BCUT2D eigenvalue weighted by Crippen LogP contribution is -2.13. The number of phenols is 1. The van der Waals surface area contributed by atoms with Crippen molar-refractivity contribution in [2.75, 3.05) is 12.4 Å². The van der Waals surface area contributed by atoms with E-state index in [0.717, 1.165) is 15.6 Å². The van der Waals surface area contributed by atoms with E-state index in [1.165, 1.54) is 7.11 Å². The van der Waals surface area contributed by atoms with Crippen molar-refractivity contribution in [3.63, 3.8) is 0 Å². The van der Waals surface area contributed by atoms with Gasteiger partial charge >= 0.3 is 0 Å². The summed E-state index contributed by atoms with van der Waals surface area (Å²) in [4.78, 5) is 12.3. The van der Waals surface area contributed by atoms with Crippen molar-refractivity contribution in [1.29, 1.82) is 0 Å². The maximum absolute atomic E-state index is 12.3. The van der Waals surface area contributed by atoms with Gasteiger partial charge in [-0.25, -0.2) is 0 Å². The molecular formula is C16H16BrNO3. The molecule has 110 valence electrons. The number of amides is 1. The lowest BCUT2D eigenvalue weighted by Gasteiger charge is -2.13. The fourth-order valence-corrected chi connectivity index (χ4v) is 2.90. The van der Waals surface area contributed by atoms with Crippen molar-refractivity contribution in [3.8, 4) is 11.5 Å². The minimum atomic E-state index is -0.390. The molecule has 4 nitrogen and oxygen atoms in total. The van der Waals surface area contributed by atoms with Crippen molar-refractivity contribution in [1.82, 2.24) is 0 Å². The number of anilines is 1. The van der Waals surface area contributed by atoms with Crippen molar-refractivity contribution >= 4 is 27.5 Å². The minimum Gasteiger partial charge on any atom is -0.504 e.